The summed E-state index contributed by atoms with van der Waals surface area (Å²) in [5, 5.41) is 0. The van der Waals surface area contributed by atoms with Crippen LogP contribution in [0.25, 0.3) is 11.1 Å². The first kappa shape index (κ1) is 23.6. The van der Waals surface area contributed by atoms with E-state index in [1.807, 2.05) is 0 Å². The van der Waals surface area contributed by atoms with Crippen molar-refractivity contribution in [2.24, 2.45) is 11.3 Å². The van der Waals surface area contributed by atoms with E-state index in [1.54, 1.807) is 23.6 Å². The van der Waals surface area contributed by atoms with Crippen LogP contribution in [0.4, 0.5) is 0 Å². The molecule has 2 aliphatic carbocycles. The highest BCUT2D eigenvalue weighted by Gasteiger charge is 2.40. The molecule has 0 saturated heterocycles. The van der Waals surface area contributed by atoms with Gasteiger partial charge in [-0.25, -0.2) is 13.2 Å². The van der Waals surface area contributed by atoms with Crippen LogP contribution in [0, 0.1) is 18.3 Å². The van der Waals surface area contributed by atoms with Gasteiger partial charge in [-0.05, 0) is 93.7 Å². The molecule has 2 aromatic rings. The number of hydrogen-bond acceptors (Lipinski definition) is 5. The Balaban J connectivity index is 1.49. The number of oxazole rings is 1. The van der Waals surface area contributed by atoms with E-state index >= 15 is 0 Å². The first-order chi connectivity index (χ1) is 15.1. The molecular weight excluding hydrogens is 426 g/mol. The summed E-state index contributed by atoms with van der Waals surface area (Å²) in [7, 11) is -3.37. The van der Waals surface area contributed by atoms with Crippen LogP contribution < -0.4 is 5.76 Å². The molecule has 0 atom stereocenters. The van der Waals surface area contributed by atoms with Gasteiger partial charge in [-0.3, -0.25) is 4.57 Å². The zero-order valence-corrected chi connectivity index (χ0v) is 20.7. The summed E-state index contributed by atoms with van der Waals surface area (Å²) in [5.41, 5.74) is 2.03. The number of hydrogen-bond donors (Lipinski definition) is 0. The Hall–Kier alpha value is -1.60. The van der Waals surface area contributed by atoms with E-state index in [2.05, 4.69) is 13.8 Å². The van der Waals surface area contributed by atoms with Crippen LogP contribution >= 0.6 is 0 Å². The zero-order valence-electron chi connectivity index (χ0n) is 19.9. The minimum atomic E-state index is -3.37. The third-order valence-corrected chi connectivity index (χ3v) is 9.23. The molecule has 178 valence electrons. The highest BCUT2D eigenvalue weighted by Crippen LogP contribution is 2.50. The molecule has 32 heavy (non-hydrogen) atoms. The molecule has 2 saturated carbocycles. The van der Waals surface area contributed by atoms with Crippen molar-refractivity contribution >= 4 is 20.9 Å². The second kappa shape index (κ2) is 8.98. The minimum absolute atomic E-state index is 0.0583. The van der Waals surface area contributed by atoms with Crippen molar-refractivity contribution in [1.29, 1.82) is 0 Å². The van der Waals surface area contributed by atoms with Crippen LogP contribution in [0.2, 0.25) is 0 Å². The fraction of sp³-hybridized carbons (Fsp3) is 0.720. The maximum Gasteiger partial charge on any atom is 0.420 e. The molecule has 0 aliphatic heterocycles. The predicted molar refractivity (Wildman–Crippen MR) is 126 cm³/mol. The molecule has 6 nitrogen and oxygen atoms in total. The lowest BCUT2D eigenvalue weighted by Crippen LogP contribution is -2.37. The quantitative estimate of drug-likeness (QED) is 0.572. The van der Waals surface area contributed by atoms with Gasteiger partial charge in [0.2, 0.25) is 0 Å². The zero-order chi connectivity index (χ0) is 23.1. The minimum Gasteiger partial charge on any atom is -0.408 e. The monoisotopic (exact) mass is 463 g/mol. The van der Waals surface area contributed by atoms with Crippen molar-refractivity contribution in [3.8, 4) is 0 Å². The molecule has 2 aliphatic rings. The third kappa shape index (κ3) is 4.56. The molecule has 0 N–H and O–H groups in total. The van der Waals surface area contributed by atoms with Crippen LogP contribution in [0.3, 0.4) is 0 Å². The van der Waals surface area contributed by atoms with Gasteiger partial charge in [0.15, 0.2) is 15.4 Å². The number of benzene rings is 1. The van der Waals surface area contributed by atoms with E-state index in [9.17, 15) is 13.2 Å². The fourth-order valence-corrected chi connectivity index (χ4v) is 7.02. The lowest BCUT2D eigenvalue weighted by molar-refractivity contribution is -0.0233. The molecule has 0 spiro atoms. The number of rotatable bonds is 6. The number of ether oxygens (including phenoxy) is 1. The average molecular weight is 464 g/mol. The first-order valence-corrected chi connectivity index (χ1v) is 14.0. The van der Waals surface area contributed by atoms with Gasteiger partial charge < -0.3 is 9.15 Å². The first-order valence-electron chi connectivity index (χ1n) is 12.1. The fourth-order valence-electron chi connectivity index (χ4n) is 6.05. The second-order valence-corrected chi connectivity index (χ2v) is 12.3. The molecule has 0 bridgehead atoms. The Morgan fingerprint density at radius 2 is 1.78 bits per heavy atom. The van der Waals surface area contributed by atoms with Gasteiger partial charge >= 0.3 is 5.76 Å². The van der Waals surface area contributed by atoms with Crippen LogP contribution in [0.1, 0.15) is 83.2 Å². The SMILES string of the molecule is CCCOC1CCC(C)(C2CCC(n3c(=O)oc4cc(C)c(S(C)(=O)=O)cc43)CC2)CC1. The Morgan fingerprint density at radius 3 is 2.38 bits per heavy atom. The summed E-state index contributed by atoms with van der Waals surface area (Å²) >= 11 is 0. The summed E-state index contributed by atoms with van der Waals surface area (Å²) in [5.74, 6) is 0.280. The molecule has 1 heterocycles. The number of sulfone groups is 1. The van der Waals surface area contributed by atoms with Crippen LogP contribution in [0.15, 0.2) is 26.2 Å². The largest absolute Gasteiger partial charge is 0.420 e. The molecule has 2 fully saturated rings. The highest BCUT2D eigenvalue weighted by atomic mass is 32.2. The molecule has 0 amide bonds. The molecule has 0 unspecified atom stereocenters. The van der Waals surface area contributed by atoms with E-state index in [1.165, 1.54) is 19.1 Å². The van der Waals surface area contributed by atoms with E-state index in [-0.39, 0.29) is 16.7 Å². The normalized spacial score (nSPS) is 29.4. The molecule has 0 radical (unpaired) electrons. The number of nitrogens with zero attached hydrogens (tertiary/aromatic N) is 1. The summed E-state index contributed by atoms with van der Waals surface area (Å²) < 4.78 is 37.6. The Morgan fingerprint density at radius 1 is 1.12 bits per heavy atom. The Kier molecular flexibility index (Phi) is 6.61. The maximum atomic E-state index is 12.7. The average Bonchev–Trinajstić information content (AvgIpc) is 3.06. The van der Waals surface area contributed by atoms with Crippen molar-refractivity contribution in [3.05, 3.63) is 28.2 Å². The van der Waals surface area contributed by atoms with E-state index in [0.29, 0.717) is 34.1 Å². The number of aryl methyl sites for hydroxylation is 1. The molecular formula is C25H37NO5S. The predicted octanol–water partition coefficient (Wildman–Crippen LogP) is 5.41. The van der Waals surface area contributed by atoms with Crippen LogP contribution in [-0.2, 0) is 14.6 Å². The van der Waals surface area contributed by atoms with Gasteiger partial charge in [0.05, 0.1) is 16.5 Å². The standard InChI is InChI=1S/C25H37NO5S/c1-5-14-30-20-10-12-25(3,13-11-20)18-6-8-19(9-7-18)26-21-16-23(32(4,28)29)17(2)15-22(21)31-24(26)27/h15-16,18-20H,5-14H2,1-4H3. The molecule has 1 aromatic heterocycles. The molecule has 4 rings (SSSR count). The summed E-state index contributed by atoms with van der Waals surface area (Å²) in [6.45, 7) is 7.19. The number of fused-ring (bicyclic) bond motifs is 1. The van der Waals surface area contributed by atoms with E-state index in [4.69, 9.17) is 9.15 Å². The van der Waals surface area contributed by atoms with Gasteiger partial charge in [-0.1, -0.05) is 13.8 Å². The lowest BCUT2D eigenvalue weighted by Gasteiger charge is -2.45. The van der Waals surface area contributed by atoms with Gasteiger partial charge in [0, 0.05) is 18.9 Å². The van der Waals surface area contributed by atoms with Crippen molar-refractivity contribution < 1.29 is 17.6 Å². The van der Waals surface area contributed by atoms with Crippen molar-refractivity contribution in [2.45, 2.75) is 95.6 Å². The topological polar surface area (TPSA) is 78.5 Å². The second-order valence-electron chi connectivity index (χ2n) is 10.3. The van der Waals surface area contributed by atoms with Crippen molar-refractivity contribution in [3.63, 3.8) is 0 Å². The van der Waals surface area contributed by atoms with Gasteiger partial charge in [-0.15, -0.1) is 0 Å². The van der Waals surface area contributed by atoms with E-state index in [0.717, 1.165) is 51.6 Å². The van der Waals surface area contributed by atoms with E-state index < -0.39 is 9.84 Å². The van der Waals surface area contributed by atoms with Gasteiger partial charge in [-0.2, -0.15) is 0 Å². The smallest absolute Gasteiger partial charge is 0.408 e. The lowest BCUT2D eigenvalue weighted by atomic mass is 9.62. The molecule has 7 heteroatoms. The Labute approximate surface area is 191 Å². The van der Waals surface area contributed by atoms with Gasteiger partial charge in [0.1, 0.15) is 0 Å². The van der Waals surface area contributed by atoms with Crippen molar-refractivity contribution in [2.75, 3.05) is 12.9 Å². The summed E-state index contributed by atoms with van der Waals surface area (Å²) in [4.78, 5) is 13.0. The number of aromatic nitrogens is 1. The van der Waals surface area contributed by atoms with Gasteiger partial charge in [0.25, 0.3) is 0 Å². The van der Waals surface area contributed by atoms with Crippen molar-refractivity contribution in [1.82, 2.24) is 4.57 Å². The van der Waals surface area contributed by atoms with Crippen LogP contribution in [-0.4, -0.2) is 32.0 Å². The van der Waals surface area contributed by atoms with Crippen LogP contribution in [0.5, 0.6) is 0 Å². The Bertz CT molecular complexity index is 1110. The summed E-state index contributed by atoms with van der Waals surface area (Å²) in [6, 6.07) is 3.36. The summed E-state index contributed by atoms with van der Waals surface area (Å²) in [6.07, 6.45) is 11.4. The third-order valence-electron chi connectivity index (χ3n) is 7.99. The highest BCUT2D eigenvalue weighted by molar-refractivity contribution is 7.90. The maximum absolute atomic E-state index is 12.7. The molecule has 1 aromatic carbocycles.